The van der Waals surface area contributed by atoms with Crippen molar-refractivity contribution in [1.82, 2.24) is 30.2 Å². The number of hydrogen-bond acceptors (Lipinski definition) is 7. The first-order chi connectivity index (χ1) is 13.1. The van der Waals surface area contributed by atoms with Crippen LogP contribution in [-0.4, -0.2) is 30.2 Å². The van der Waals surface area contributed by atoms with Crippen molar-refractivity contribution in [2.45, 2.75) is 50.2 Å². The molecule has 6 nitrogen and oxygen atoms in total. The highest BCUT2D eigenvalue weighted by atomic mass is 32.2. The second kappa shape index (κ2) is 6.38. The Morgan fingerprint density at radius 1 is 1.11 bits per heavy atom. The Labute approximate surface area is 165 Å². The molecule has 1 aliphatic carbocycles. The Balaban J connectivity index is 1.64. The first kappa shape index (κ1) is 16.8. The fourth-order valence-corrected chi connectivity index (χ4v) is 5.93. The summed E-state index contributed by atoms with van der Waals surface area (Å²) in [5, 5.41) is 15.3. The smallest absolute Gasteiger partial charge is 0.220 e. The van der Waals surface area contributed by atoms with Crippen LogP contribution in [0.1, 0.15) is 33.8 Å². The van der Waals surface area contributed by atoms with E-state index in [0.717, 1.165) is 39.4 Å². The van der Waals surface area contributed by atoms with Crippen molar-refractivity contribution in [2.75, 3.05) is 0 Å². The molecule has 3 aromatic heterocycles. The van der Waals surface area contributed by atoms with Gasteiger partial charge in [0.15, 0.2) is 0 Å². The monoisotopic (exact) mass is 394 g/mol. The van der Waals surface area contributed by atoms with Gasteiger partial charge in [0.1, 0.15) is 15.7 Å². The summed E-state index contributed by atoms with van der Waals surface area (Å²) < 4.78 is 1.81. The van der Waals surface area contributed by atoms with E-state index < -0.39 is 0 Å². The zero-order chi connectivity index (χ0) is 18.5. The largest absolute Gasteiger partial charge is 0.226 e. The van der Waals surface area contributed by atoms with E-state index in [9.17, 15) is 0 Å². The van der Waals surface area contributed by atoms with Crippen molar-refractivity contribution in [1.29, 1.82) is 0 Å². The molecule has 27 heavy (non-hydrogen) atoms. The van der Waals surface area contributed by atoms with E-state index in [4.69, 9.17) is 4.98 Å². The summed E-state index contributed by atoms with van der Waals surface area (Å²) in [6.07, 6.45) is 3.48. The molecule has 1 aromatic carbocycles. The summed E-state index contributed by atoms with van der Waals surface area (Å²) in [6.45, 7) is 6.14. The maximum absolute atomic E-state index is 4.75. The van der Waals surface area contributed by atoms with Crippen molar-refractivity contribution in [3.8, 4) is 5.69 Å². The highest BCUT2D eigenvalue weighted by molar-refractivity contribution is 7.99. The van der Waals surface area contributed by atoms with Crippen LogP contribution in [0.4, 0.5) is 0 Å². The van der Waals surface area contributed by atoms with Crippen molar-refractivity contribution >= 4 is 33.3 Å². The molecule has 0 N–H and O–H groups in total. The second-order valence-corrected chi connectivity index (χ2v) is 8.85. The van der Waals surface area contributed by atoms with Crippen LogP contribution >= 0.6 is 23.1 Å². The van der Waals surface area contributed by atoms with Gasteiger partial charge in [0.2, 0.25) is 5.16 Å². The molecule has 0 spiro atoms. The zero-order valence-corrected chi connectivity index (χ0v) is 17.0. The Hall–Kier alpha value is -2.32. The minimum atomic E-state index is 0.723. The Kier molecular flexibility index (Phi) is 3.98. The van der Waals surface area contributed by atoms with Gasteiger partial charge in [-0.3, -0.25) is 0 Å². The molecule has 3 heterocycles. The summed E-state index contributed by atoms with van der Waals surface area (Å²) in [5.74, 6) is 0.788. The topological polar surface area (TPSA) is 69.4 Å². The number of benzene rings is 1. The van der Waals surface area contributed by atoms with Gasteiger partial charge in [-0.15, -0.1) is 16.4 Å². The lowest BCUT2D eigenvalue weighted by Crippen LogP contribution is -2.03. The van der Waals surface area contributed by atoms with Gasteiger partial charge >= 0.3 is 0 Å². The number of hydrogen-bond donors (Lipinski definition) is 0. The summed E-state index contributed by atoms with van der Waals surface area (Å²) in [7, 11) is 0. The molecule has 0 aliphatic heterocycles. The van der Waals surface area contributed by atoms with Crippen molar-refractivity contribution in [2.24, 2.45) is 0 Å². The summed E-state index contributed by atoms with van der Waals surface area (Å²) in [5.41, 5.74) is 4.81. The maximum Gasteiger partial charge on any atom is 0.220 e. The second-order valence-electron chi connectivity index (χ2n) is 6.81. The SMILES string of the molecule is Cc1nc(Sc2nnnn2-c2cccc(C)c2C)c2c3c(sc2n1)CCC3. The molecular weight excluding hydrogens is 376 g/mol. The van der Waals surface area contributed by atoms with Crippen LogP contribution in [0.3, 0.4) is 0 Å². The summed E-state index contributed by atoms with van der Waals surface area (Å²) >= 11 is 3.34. The quantitative estimate of drug-likeness (QED) is 0.484. The van der Waals surface area contributed by atoms with Gasteiger partial charge in [0.25, 0.3) is 0 Å². The third-order valence-electron chi connectivity index (χ3n) is 5.08. The molecule has 0 unspecified atom stereocenters. The lowest BCUT2D eigenvalue weighted by Gasteiger charge is -2.10. The van der Waals surface area contributed by atoms with E-state index in [1.54, 1.807) is 0 Å². The minimum Gasteiger partial charge on any atom is -0.226 e. The van der Waals surface area contributed by atoms with Crippen LogP contribution in [0.15, 0.2) is 28.4 Å². The van der Waals surface area contributed by atoms with Gasteiger partial charge in [0.05, 0.1) is 5.69 Å². The number of aryl methyl sites for hydroxylation is 4. The van der Waals surface area contributed by atoms with Gasteiger partial charge in [0, 0.05) is 10.3 Å². The predicted octanol–water partition coefficient (Wildman–Crippen LogP) is 4.23. The molecule has 8 heteroatoms. The van der Waals surface area contributed by atoms with Crippen LogP contribution in [0, 0.1) is 20.8 Å². The van der Waals surface area contributed by atoms with Gasteiger partial charge < -0.3 is 0 Å². The first-order valence-corrected chi connectivity index (χ1v) is 10.6. The lowest BCUT2D eigenvalue weighted by atomic mass is 10.1. The fourth-order valence-electron chi connectivity index (χ4n) is 3.58. The lowest BCUT2D eigenvalue weighted by molar-refractivity contribution is 0.750. The molecule has 4 aromatic rings. The van der Waals surface area contributed by atoms with E-state index in [0.29, 0.717) is 0 Å². The molecule has 0 bridgehead atoms. The van der Waals surface area contributed by atoms with E-state index in [1.165, 1.54) is 45.1 Å². The van der Waals surface area contributed by atoms with Crippen LogP contribution in [0.25, 0.3) is 15.9 Å². The first-order valence-electron chi connectivity index (χ1n) is 8.93. The maximum atomic E-state index is 4.75. The Morgan fingerprint density at radius 2 is 2.00 bits per heavy atom. The normalized spacial score (nSPS) is 13.4. The van der Waals surface area contributed by atoms with Crippen LogP contribution in [-0.2, 0) is 12.8 Å². The molecule has 136 valence electrons. The molecule has 0 atom stereocenters. The number of fused-ring (bicyclic) bond motifs is 3. The number of rotatable bonds is 3. The Morgan fingerprint density at radius 3 is 2.89 bits per heavy atom. The fraction of sp³-hybridized carbons (Fsp3) is 0.316. The average molecular weight is 395 g/mol. The van der Waals surface area contributed by atoms with Crippen molar-refractivity contribution in [3.63, 3.8) is 0 Å². The van der Waals surface area contributed by atoms with Crippen molar-refractivity contribution in [3.05, 3.63) is 45.6 Å². The molecule has 1 aliphatic rings. The molecule has 5 rings (SSSR count). The van der Waals surface area contributed by atoms with E-state index in [1.807, 2.05) is 35.1 Å². The van der Waals surface area contributed by atoms with E-state index in [2.05, 4.69) is 40.4 Å². The van der Waals surface area contributed by atoms with Gasteiger partial charge in [-0.1, -0.05) is 12.1 Å². The average Bonchev–Trinajstić information content (AvgIpc) is 3.33. The summed E-state index contributed by atoms with van der Waals surface area (Å²) in [6, 6.07) is 6.18. The standard InChI is InChI=1S/C19H18N6S2/c1-10-6-4-8-14(11(10)2)25-19(22-23-24-25)27-18-16-13-7-5-9-15(13)26-17(16)20-12(3)21-18/h4,6,8H,5,7,9H2,1-3H3. The van der Waals surface area contributed by atoms with Crippen LogP contribution in [0.5, 0.6) is 0 Å². The number of tetrazole rings is 1. The Bertz CT molecular complexity index is 1180. The zero-order valence-electron chi connectivity index (χ0n) is 15.4. The third-order valence-corrected chi connectivity index (χ3v) is 7.19. The number of nitrogens with zero attached hydrogens (tertiary/aromatic N) is 6. The van der Waals surface area contributed by atoms with E-state index >= 15 is 0 Å². The minimum absolute atomic E-state index is 0.723. The number of thiophene rings is 1. The highest BCUT2D eigenvalue weighted by Crippen LogP contribution is 2.42. The van der Waals surface area contributed by atoms with Gasteiger partial charge in [-0.25, -0.2) is 9.97 Å². The molecule has 0 radical (unpaired) electrons. The molecular formula is C19H18N6S2. The summed E-state index contributed by atoms with van der Waals surface area (Å²) in [4.78, 5) is 12.0. The molecule has 0 saturated carbocycles. The van der Waals surface area contributed by atoms with Crippen molar-refractivity contribution < 1.29 is 0 Å². The van der Waals surface area contributed by atoms with Crippen LogP contribution < -0.4 is 0 Å². The predicted molar refractivity (Wildman–Crippen MR) is 107 cm³/mol. The third kappa shape index (κ3) is 2.74. The van der Waals surface area contributed by atoms with Gasteiger partial charge in [-0.05, 0) is 85.0 Å². The van der Waals surface area contributed by atoms with Crippen LogP contribution in [0.2, 0.25) is 0 Å². The molecule has 0 saturated heterocycles. The number of aromatic nitrogens is 6. The molecule has 0 fully saturated rings. The highest BCUT2D eigenvalue weighted by Gasteiger charge is 2.24. The van der Waals surface area contributed by atoms with E-state index in [-0.39, 0.29) is 0 Å². The molecule has 0 amide bonds. The van der Waals surface area contributed by atoms with Gasteiger partial charge in [-0.2, -0.15) is 4.68 Å².